The van der Waals surface area contributed by atoms with Crippen LogP contribution in [0.3, 0.4) is 0 Å². The van der Waals surface area contributed by atoms with Crippen LogP contribution in [0.15, 0.2) is 36.8 Å². The van der Waals surface area contributed by atoms with Crippen LogP contribution < -0.4 is 10.2 Å². The van der Waals surface area contributed by atoms with E-state index in [1.807, 2.05) is 17.9 Å². The number of nitrogens with zero attached hydrogens (tertiary/aromatic N) is 4. The predicted octanol–water partition coefficient (Wildman–Crippen LogP) is 2.37. The molecule has 4 rings (SSSR count). The lowest BCUT2D eigenvalue weighted by Crippen LogP contribution is -2.33. The quantitative estimate of drug-likeness (QED) is 0.852. The molecule has 2 aromatic rings. The summed E-state index contributed by atoms with van der Waals surface area (Å²) in [5.41, 5.74) is 2.45. The monoisotopic (exact) mass is 365 g/mol. The van der Waals surface area contributed by atoms with Crippen molar-refractivity contribution in [1.29, 1.82) is 0 Å². The summed E-state index contributed by atoms with van der Waals surface area (Å²) in [5.74, 6) is 1.20. The molecule has 3 heterocycles. The SMILES string of the molecule is Cc1cc(N2CCN(CC3CC3)C2=O)ncc1CNC(=O)c1cccnc1. The number of urea groups is 1. The smallest absolute Gasteiger partial charge is 0.325 e. The van der Waals surface area contributed by atoms with Gasteiger partial charge in [0.25, 0.3) is 5.91 Å². The van der Waals surface area contributed by atoms with E-state index < -0.39 is 0 Å². The summed E-state index contributed by atoms with van der Waals surface area (Å²) in [6.07, 6.45) is 7.39. The molecule has 0 unspecified atom stereocenters. The summed E-state index contributed by atoms with van der Waals surface area (Å²) >= 11 is 0. The van der Waals surface area contributed by atoms with Crippen LogP contribution in [-0.4, -0.2) is 46.4 Å². The number of carbonyl (C=O) groups is 2. The van der Waals surface area contributed by atoms with Crippen LogP contribution in [0.1, 0.15) is 34.3 Å². The summed E-state index contributed by atoms with van der Waals surface area (Å²) in [5, 5.41) is 2.88. The molecule has 140 valence electrons. The van der Waals surface area contributed by atoms with Crippen LogP contribution in [0.25, 0.3) is 0 Å². The van der Waals surface area contributed by atoms with E-state index >= 15 is 0 Å². The minimum Gasteiger partial charge on any atom is -0.348 e. The van der Waals surface area contributed by atoms with E-state index in [9.17, 15) is 9.59 Å². The van der Waals surface area contributed by atoms with E-state index in [-0.39, 0.29) is 11.9 Å². The number of pyridine rings is 2. The van der Waals surface area contributed by atoms with Gasteiger partial charge in [-0.2, -0.15) is 0 Å². The Morgan fingerprint density at radius 1 is 1.30 bits per heavy atom. The number of hydrogen-bond acceptors (Lipinski definition) is 4. The molecule has 0 atom stereocenters. The van der Waals surface area contributed by atoms with Crippen molar-refractivity contribution < 1.29 is 9.59 Å². The molecule has 7 heteroatoms. The van der Waals surface area contributed by atoms with Crippen molar-refractivity contribution in [2.45, 2.75) is 26.3 Å². The Morgan fingerprint density at radius 2 is 2.15 bits per heavy atom. The number of nitrogens with one attached hydrogen (secondary N) is 1. The fourth-order valence-corrected chi connectivity index (χ4v) is 3.25. The lowest BCUT2D eigenvalue weighted by Gasteiger charge is -2.18. The maximum Gasteiger partial charge on any atom is 0.325 e. The van der Waals surface area contributed by atoms with Crippen LogP contribution >= 0.6 is 0 Å². The van der Waals surface area contributed by atoms with Gasteiger partial charge in [-0.05, 0) is 55.0 Å². The third-order valence-electron chi connectivity index (χ3n) is 5.11. The van der Waals surface area contributed by atoms with Gasteiger partial charge in [-0.3, -0.25) is 14.7 Å². The number of rotatable bonds is 6. The molecule has 1 saturated carbocycles. The Kier molecular flexibility index (Phi) is 4.75. The van der Waals surface area contributed by atoms with Gasteiger partial charge < -0.3 is 10.2 Å². The van der Waals surface area contributed by atoms with Gasteiger partial charge in [-0.15, -0.1) is 0 Å². The normalized spacial score (nSPS) is 16.7. The molecule has 1 aliphatic carbocycles. The van der Waals surface area contributed by atoms with Crippen molar-refractivity contribution in [3.8, 4) is 0 Å². The highest BCUT2D eigenvalue weighted by Gasteiger charge is 2.34. The second kappa shape index (κ2) is 7.34. The molecule has 0 aromatic carbocycles. The molecule has 1 aliphatic heterocycles. The molecule has 2 aliphatic rings. The Morgan fingerprint density at radius 3 is 2.85 bits per heavy atom. The first-order valence-corrected chi connectivity index (χ1v) is 9.32. The minimum absolute atomic E-state index is 0.0476. The van der Waals surface area contributed by atoms with Crippen LogP contribution in [-0.2, 0) is 6.54 Å². The summed E-state index contributed by atoms with van der Waals surface area (Å²) in [6, 6.07) is 5.43. The Balaban J connectivity index is 1.39. The Labute approximate surface area is 158 Å². The highest BCUT2D eigenvalue weighted by molar-refractivity contribution is 5.94. The fourth-order valence-electron chi connectivity index (χ4n) is 3.25. The molecule has 1 saturated heterocycles. The number of hydrogen-bond donors (Lipinski definition) is 1. The van der Waals surface area contributed by atoms with Gasteiger partial charge in [0.15, 0.2) is 0 Å². The van der Waals surface area contributed by atoms with Crippen molar-refractivity contribution in [3.63, 3.8) is 0 Å². The average Bonchev–Trinajstić information content (AvgIpc) is 3.43. The van der Waals surface area contributed by atoms with Gasteiger partial charge in [0.1, 0.15) is 5.82 Å². The lowest BCUT2D eigenvalue weighted by molar-refractivity contribution is 0.0950. The zero-order valence-electron chi connectivity index (χ0n) is 15.4. The van der Waals surface area contributed by atoms with E-state index in [0.717, 1.165) is 24.2 Å². The summed E-state index contributed by atoms with van der Waals surface area (Å²) in [7, 11) is 0. The second-order valence-corrected chi connectivity index (χ2v) is 7.22. The molecule has 3 amide bonds. The summed E-state index contributed by atoms with van der Waals surface area (Å²) in [4.78, 5) is 36.8. The standard InChI is InChI=1S/C20H23N5O2/c1-14-9-18(25-8-7-24(20(25)27)13-15-4-5-15)22-11-17(14)12-23-19(26)16-3-2-6-21-10-16/h2-3,6,9-11,15H,4-5,7-8,12-13H2,1H3,(H,23,26). The topological polar surface area (TPSA) is 78.4 Å². The molecule has 0 radical (unpaired) electrons. The maximum atomic E-state index is 12.6. The molecule has 2 aromatic heterocycles. The number of carbonyl (C=O) groups excluding carboxylic acids is 2. The molecular formula is C20H23N5O2. The number of anilines is 1. The number of aromatic nitrogens is 2. The summed E-state index contributed by atoms with van der Waals surface area (Å²) < 4.78 is 0. The van der Waals surface area contributed by atoms with E-state index in [1.54, 1.807) is 29.4 Å². The van der Waals surface area contributed by atoms with Gasteiger partial charge >= 0.3 is 6.03 Å². The van der Waals surface area contributed by atoms with Gasteiger partial charge in [-0.1, -0.05) is 0 Å². The molecular weight excluding hydrogens is 342 g/mol. The second-order valence-electron chi connectivity index (χ2n) is 7.22. The zero-order valence-corrected chi connectivity index (χ0v) is 15.4. The van der Waals surface area contributed by atoms with Gasteiger partial charge in [0.2, 0.25) is 0 Å². The third-order valence-corrected chi connectivity index (χ3v) is 5.11. The first-order valence-electron chi connectivity index (χ1n) is 9.32. The molecule has 2 fully saturated rings. The highest BCUT2D eigenvalue weighted by Crippen LogP contribution is 2.31. The maximum absolute atomic E-state index is 12.6. The molecule has 0 bridgehead atoms. The van der Waals surface area contributed by atoms with E-state index in [2.05, 4.69) is 15.3 Å². The lowest BCUT2D eigenvalue weighted by atomic mass is 10.1. The molecule has 0 spiro atoms. The minimum atomic E-state index is -0.169. The van der Waals surface area contributed by atoms with Crippen LogP contribution in [0.2, 0.25) is 0 Å². The van der Waals surface area contributed by atoms with E-state index in [0.29, 0.717) is 30.4 Å². The van der Waals surface area contributed by atoms with Crippen LogP contribution in [0, 0.1) is 12.8 Å². The van der Waals surface area contributed by atoms with Crippen molar-refractivity contribution >= 4 is 17.8 Å². The molecule has 7 nitrogen and oxygen atoms in total. The Hall–Kier alpha value is -2.96. The fraction of sp³-hybridized carbons (Fsp3) is 0.400. The largest absolute Gasteiger partial charge is 0.348 e. The van der Waals surface area contributed by atoms with Gasteiger partial charge in [0.05, 0.1) is 5.56 Å². The molecule has 27 heavy (non-hydrogen) atoms. The number of amides is 3. The van der Waals surface area contributed by atoms with Crippen LogP contribution in [0.4, 0.5) is 10.6 Å². The number of aryl methyl sites for hydroxylation is 1. The van der Waals surface area contributed by atoms with Crippen molar-refractivity contribution in [3.05, 3.63) is 53.5 Å². The first-order chi connectivity index (χ1) is 13.1. The Bertz CT molecular complexity index is 851. The predicted molar refractivity (Wildman–Crippen MR) is 101 cm³/mol. The van der Waals surface area contributed by atoms with Crippen molar-refractivity contribution in [2.75, 3.05) is 24.5 Å². The molecule has 1 N–H and O–H groups in total. The highest BCUT2D eigenvalue weighted by atomic mass is 16.2. The van der Waals surface area contributed by atoms with E-state index in [1.165, 1.54) is 19.0 Å². The third kappa shape index (κ3) is 3.92. The average molecular weight is 365 g/mol. The summed E-state index contributed by atoms with van der Waals surface area (Å²) in [6.45, 7) is 4.66. The van der Waals surface area contributed by atoms with Crippen molar-refractivity contribution in [1.82, 2.24) is 20.2 Å². The van der Waals surface area contributed by atoms with E-state index in [4.69, 9.17) is 0 Å². The first kappa shape index (κ1) is 17.5. The van der Waals surface area contributed by atoms with Gasteiger partial charge in [0, 0.05) is 44.8 Å². The van der Waals surface area contributed by atoms with Crippen LogP contribution in [0.5, 0.6) is 0 Å². The van der Waals surface area contributed by atoms with Crippen molar-refractivity contribution in [2.24, 2.45) is 5.92 Å². The zero-order chi connectivity index (χ0) is 18.8. The van der Waals surface area contributed by atoms with Gasteiger partial charge in [-0.25, -0.2) is 9.78 Å².